The molecule has 31 heavy (non-hydrogen) atoms. The van der Waals surface area contributed by atoms with E-state index >= 15 is 0 Å². The van der Waals surface area contributed by atoms with E-state index in [1.54, 1.807) is 43.3 Å². The standard InChI is InChI=1S/C21H22BrN3O6/c1-3-30-21(28)13-31-17-9-8-14(10-18(17)29-2)12-23-25-20(27)11-19(26)24-16-7-5-4-6-15(16)22/h4-10,12H,3,11,13H2,1-2H3,(H,24,26)(H,25,27). The van der Waals surface area contributed by atoms with Crippen LogP contribution in [0, 0.1) is 0 Å². The normalized spacial score (nSPS) is 10.4. The van der Waals surface area contributed by atoms with Crippen molar-refractivity contribution in [2.75, 3.05) is 25.6 Å². The van der Waals surface area contributed by atoms with Gasteiger partial charge in [-0.05, 0) is 58.7 Å². The number of anilines is 1. The summed E-state index contributed by atoms with van der Waals surface area (Å²) in [4.78, 5) is 35.3. The Morgan fingerprint density at radius 3 is 2.58 bits per heavy atom. The molecule has 0 unspecified atom stereocenters. The average molecular weight is 492 g/mol. The predicted molar refractivity (Wildman–Crippen MR) is 118 cm³/mol. The lowest BCUT2D eigenvalue weighted by Crippen LogP contribution is -2.24. The Kier molecular flexibility index (Phi) is 9.50. The number of rotatable bonds is 10. The van der Waals surface area contributed by atoms with Crippen LogP contribution in [0.15, 0.2) is 52.0 Å². The number of ether oxygens (including phenoxy) is 3. The summed E-state index contributed by atoms with van der Waals surface area (Å²) in [6.45, 7) is 1.74. The number of amides is 2. The number of para-hydroxylation sites is 1. The summed E-state index contributed by atoms with van der Waals surface area (Å²) in [6, 6.07) is 12.0. The molecule has 0 aliphatic rings. The van der Waals surface area contributed by atoms with E-state index in [1.165, 1.54) is 13.3 Å². The molecular formula is C21H22BrN3O6. The fourth-order valence-corrected chi connectivity index (χ4v) is 2.73. The molecule has 0 spiro atoms. The minimum atomic E-state index is -0.567. The minimum Gasteiger partial charge on any atom is -0.493 e. The maximum absolute atomic E-state index is 12.0. The average Bonchev–Trinajstić information content (AvgIpc) is 2.74. The first-order valence-corrected chi connectivity index (χ1v) is 10.0. The third-order valence-corrected chi connectivity index (χ3v) is 4.40. The SMILES string of the molecule is CCOC(=O)COc1ccc(C=NNC(=O)CC(=O)Nc2ccccc2Br)cc1OC. The Bertz CT molecular complexity index is 964. The number of carbonyl (C=O) groups excluding carboxylic acids is 3. The smallest absolute Gasteiger partial charge is 0.344 e. The Hall–Kier alpha value is -3.40. The maximum atomic E-state index is 12.0. The number of nitrogens with zero attached hydrogens (tertiary/aromatic N) is 1. The molecule has 0 aliphatic carbocycles. The van der Waals surface area contributed by atoms with Crippen molar-refractivity contribution in [3.05, 3.63) is 52.5 Å². The maximum Gasteiger partial charge on any atom is 0.344 e. The van der Waals surface area contributed by atoms with Gasteiger partial charge in [0.25, 0.3) is 0 Å². The van der Waals surface area contributed by atoms with Crippen molar-refractivity contribution in [3.63, 3.8) is 0 Å². The van der Waals surface area contributed by atoms with Crippen LogP contribution in [0.2, 0.25) is 0 Å². The zero-order valence-electron chi connectivity index (χ0n) is 17.0. The number of methoxy groups -OCH3 is 1. The lowest BCUT2D eigenvalue weighted by atomic mass is 10.2. The van der Waals surface area contributed by atoms with Crippen molar-refractivity contribution in [1.82, 2.24) is 5.43 Å². The van der Waals surface area contributed by atoms with Gasteiger partial charge in [-0.1, -0.05) is 12.1 Å². The summed E-state index contributed by atoms with van der Waals surface area (Å²) in [5.41, 5.74) is 3.47. The van der Waals surface area contributed by atoms with Crippen LogP contribution in [0.1, 0.15) is 18.9 Å². The molecular weight excluding hydrogens is 470 g/mol. The lowest BCUT2D eigenvalue weighted by Gasteiger charge is -2.10. The second-order valence-corrected chi connectivity index (χ2v) is 6.86. The number of carbonyl (C=O) groups is 3. The molecule has 0 saturated heterocycles. The molecule has 2 amide bonds. The number of benzene rings is 2. The van der Waals surface area contributed by atoms with Crippen molar-refractivity contribution in [3.8, 4) is 11.5 Å². The molecule has 0 aromatic heterocycles. The molecule has 2 N–H and O–H groups in total. The molecule has 0 atom stereocenters. The fraction of sp³-hybridized carbons (Fsp3) is 0.238. The molecule has 10 heteroatoms. The van der Waals surface area contributed by atoms with Crippen LogP contribution < -0.4 is 20.2 Å². The summed E-state index contributed by atoms with van der Waals surface area (Å²) in [5.74, 6) is -0.777. The van der Waals surface area contributed by atoms with Crippen LogP contribution in [0.3, 0.4) is 0 Å². The van der Waals surface area contributed by atoms with Gasteiger partial charge in [0, 0.05) is 4.47 Å². The van der Waals surface area contributed by atoms with Gasteiger partial charge < -0.3 is 19.5 Å². The van der Waals surface area contributed by atoms with Crippen LogP contribution >= 0.6 is 15.9 Å². The van der Waals surface area contributed by atoms with E-state index in [0.29, 0.717) is 27.2 Å². The molecule has 0 heterocycles. The highest BCUT2D eigenvalue weighted by molar-refractivity contribution is 9.10. The first-order chi connectivity index (χ1) is 14.9. The second kappa shape index (κ2) is 12.3. The molecule has 0 fully saturated rings. The van der Waals surface area contributed by atoms with Crippen molar-refractivity contribution in [2.45, 2.75) is 13.3 Å². The summed E-state index contributed by atoms with van der Waals surface area (Å²) < 4.78 is 16.1. The van der Waals surface area contributed by atoms with Gasteiger partial charge in [-0.2, -0.15) is 5.10 Å². The fourth-order valence-electron chi connectivity index (χ4n) is 2.34. The number of esters is 1. The Morgan fingerprint density at radius 1 is 1.10 bits per heavy atom. The van der Waals surface area contributed by atoms with Gasteiger partial charge >= 0.3 is 5.97 Å². The van der Waals surface area contributed by atoms with E-state index in [4.69, 9.17) is 14.2 Å². The number of halogens is 1. The number of nitrogens with one attached hydrogen (secondary N) is 2. The van der Waals surface area contributed by atoms with Gasteiger partial charge in [-0.3, -0.25) is 9.59 Å². The van der Waals surface area contributed by atoms with E-state index in [9.17, 15) is 14.4 Å². The molecule has 2 rings (SSSR count). The summed E-state index contributed by atoms with van der Waals surface area (Å²) in [6.07, 6.45) is 1.00. The molecule has 0 radical (unpaired) electrons. The summed E-state index contributed by atoms with van der Waals surface area (Å²) in [7, 11) is 1.46. The van der Waals surface area contributed by atoms with Crippen LogP contribution in [-0.4, -0.2) is 44.3 Å². The lowest BCUT2D eigenvalue weighted by molar-refractivity contribution is -0.145. The van der Waals surface area contributed by atoms with Crippen LogP contribution in [0.4, 0.5) is 5.69 Å². The van der Waals surface area contributed by atoms with E-state index in [2.05, 4.69) is 31.8 Å². The second-order valence-electron chi connectivity index (χ2n) is 6.00. The van der Waals surface area contributed by atoms with Crippen molar-refractivity contribution >= 4 is 45.6 Å². The molecule has 0 aliphatic heterocycles. The topological polar surface area (TPSA) is 115 Å². The minimum absolute atomic E-state index is 0.241. The van der Waals surface area contributed by atoms with Gasteiger partial charge in [0.05, 0.1) is 25.6 Å². The van der Waals surface area contributed by atoms with E-state index < -0.39 is 17.8 Å². The summed E-state index contributed by atoms with van der Waals surface area (Å²) >= 11 is 3.32. The highest BCUT2D eigenvalue weighted by Crippen LogP contribution is 2.27. The monoisotopic (exact) mass is 491 g/mol. The molecule has 2 aromatic rings. The van der Waals surface area contributed by atoms with Gasteiger partial charge in [-0.25, -0.2) is 10.2 Å². The van der Waals surface area contributed by atoms with Crippen molar-refractivity contribution in [2.24, 2.45) is 5.10 Å². The van der Waals surface area contributed by atoms with Gasteiger partial charge in [-0.15, -0.1) is 0 Å². The van der Waals surface area contributed by atoms with Crippen LogP contribution in [0.25, 0.3) is 0 Å². The third-order valence-electron chi connectivity index (χ3n) is 3.71. The summed E-state index contributed by atoms with van der Waals surface area (Å²) in [5, 5.41) is 6.47. The van der Waals surface area contributed by atoms with E-state index in [-0.39, 0.29) is 19.6 Å². The number of hydrogen-bond acceptors (Lipinski definition) is 7. The van der Waals surface area contributed by atoms with E-state index in [0.717, 1.165) is 0 Å². The largest absolute Gasteiger partial charge is 0.493 e. The van der Waals surface area contributed by atoms with Crippen molar-refractivity contribution < 1.29 is 28.6 Å². The van der Waals surface area contributed by atoms with E-state index in [1.807, 2.05) is 6.07 Å². The quantitative estimate of drug-likeness (QED) is 0.228. The van der Waals surface area contributed by atoms with Gasteiger partial charge in [0.1, 0.15) is 6.42 Å². The highest BCUT2D eigenvalue weighted by atomic mass is 79.9. The number of hydrogen-bond donors (Lipinski definition) is 2. The predicted octanol–water partition coefficient (Wildman–Crippen LogP) is 2.88. The van der Waals surface area contributed by atoms with Crippen LogP contribution in [0.5, 0.6) is 11.5 Å². The third kappa shape index (κ3) is 8.09. The van der Waals surface area contributed by atoms with Gasteiger partial charge in [0.15, 0.2) is 18.1 Å². The highest BCUT2D eigenvalue weighted by Gasteiger charge is 2.11. The Labute approximate surface area is 187 Å². The van der Waals surface area contributed by atoms with Crippen LogP contribution in [-0.2, 0) is 19.1 Å². The molecule has 164 valence electrons. The Balaban J connectivity index is 1.87. The van der Waals surface area contributed by atoms with Crippen molar-refractivity contribution in [1.29, 1.82) is 0 Å². The molecule has 9 nitrogen and oxygen atoms in total. The first kappa shape index (κ1) is 23.9. The number of hydrazone groups is 1. The first-order valence-electron chi connectivity index (χ1n) is 9.25. The molecule has 0 saturated carbocycles. The van der Waals surface area contributed by atoms with Gasteiger partial charge in [0.2, 0.25) is 11.8 Å². The molecule has 0 bridgehead atoms. The molecule has 2 aromatic carbocycles. The Morgan fingerprint density at radius 2 is 1.87 bits per heavy atom. The zero-order valence-corrected chi connectivity index (χ0v) is 18.6. The zero-order chi connectivity index (χ0) is 22.6.